The Hall–Kier alpha value is -0.980. The number of nitrogens with one attached hydrogen (secondary N) is 1. The lowest BCUT2D eigenvalue weighted by molar-refractivity contribution is 0.0735. The SMILES string of the molecule is CNS(=O)(=O)c1ccc(C(C)(C)O)nc1C. The van der Waals surface area contributed by atoms with Crippen LogP contribution in [-0.4, -0.2) is 25.6 Å². The summed E-state index contributed by atoms with van der Waals surface area (Å²) < 4.78 is 25.4. The molecule has 0 aliphatic heterocycles. The number of aliphatic hydroxyl groups is 1. The van der Waals surface area contributed by atoms with Gasteiger partial charge in [-0.3, -0.25) is 4.98 Å². The number of rotatable bonds is 3. The Morgan fingerprint density at radius 3 is 2.31 bits per heavy atom. The van der Waals surface area contributed by atoms with Crippen LogP contribution >= 0.6 is 0 Å². The van der Waals surface area contributed by atoms with Crippen LogP contribution in [0.1, 0.15) is 25.2 Å². The van der Waals surface area contributed by atoms with E-state index in [1.165, 1.54) is 19.2 Å². The van der Waals surface area contributed by atoms with E-state index in [-0.39, 0.29) is 4.90 Å². The molecule has 0 unspecified atom stereocenters. The summed E-state index contributed by atoms with van der Waals surface area (Å²) in [7, 11) is -2.14. The zero-order valence-corrected chi connectivity index (χ0v) is 10.6. The first-order chi connectivity index (χ1) is 7.18. The van der Waals surface area contributed by atoms with Crippen LogP contribution in [0.2, 0.25) is 0 Å². The smallest absolute Gasteiger partial charge is 0.242 e. The summed E-state index contributed by atoms with van der Waals surface area (Å²) in [4.78, 5) is 4.22. The van der Waals surface area contributed by atoms with E-state index in [0.717, 1.165) is 0 Å². The fourth-order valence-corrected chi connectivity index (χ4v) is 2.18. The molecule has 0 aliphatic carbocycles. The lowest BCUT2D eigenvalue weighted by Gasteiger charge is -2.17. The van der Waals surface area contributed by atoms with Gasteiger partial charge < -0.3 is 5.11 Å². The molecule has 0 bridgehead atoms. The molecule has 0 aromatic carbocycles. The van der Waals surface area contributed by atoms with Gasteiger partial charge in [-0.05, 0) is 40.0 Å². The summed E-state index contributed by atoms with van der Waals surface area (Å²) in [5.41, 5.74) is -0.263. The number of pyridine rings is 1. The number of aryl methyl sites for hydroxylation is 1. The first-order valence-corrected chi connectivity index (χ1v) is 6.31. The van der Waals surface area contributed by atoms with Gasteiger partial charge >= 0.3 is 0 Å². The molecule has 1 aromatic heterocycles. The average Bonchev–Trinajstić information content (AvgIpc) is 2.16. The molecule has 0 saturated carbocycles. The normalized spacial score (nSPS) is 12.8. The van der Waals surface area contributed by atoms with E-state index >= 15 is 0 Å². The van der Waals surface area contributed by atoms with Gasteiger partial charge in [-0.15, -0.1) is 0 Å². The molecular formula is C10H16N2O3S. The summed E-state index contributed by atoms with van der Waals surface area (Å²) >= 11 is 0. The Morgan fingerprint density at radius 1 is 1.38 bits per heavy atom. The monoisotopic (exact) mass is 244 g/mol. The molecular weight excluding hydrogens is 228 g/mol. The quantitative estimate of drug-likeness (QED) is 0.812. The Kier molecular flexibility index (Phi) is 3.37. The molecule has 2 N–H and O–H groups in total. The molecule has 1 aromatic rings. The predicted octanol–water partition coefficient (Wildman–Crippen LogP) is 0.526. The third kappa shape index (κ3) is 2.58. The van der Waals surface area contributed by atoms with E-state index in [4.69, 9.17) is 0 Å². The minimum Gasteiger partial charge on any atom is -0.384 e. The van der Waals surface area contributed by atoms with Crippen molar-refractivity contribution in [3.05, 3.63) is 23.5 Å². The van der Waals surface area contributed by atoms with Crippen molar-refractivity contribution in [1.82, 2.24) is 9.71 Å². The van der Waals surface area contributed by atoms with Crippen LogP contribution in [0.4, 0.5) is 0 Å². The van der Waals surface area contributed by atoms with Gasteiger partial charge in [0.1, 0.15) is 10.5 Å². The average molecular weight is 244 g/mol. The van der Waals surface area contributed by atoms with Gasteiger partial charge in [0.05, 0.1) is 11.4 Å². The first-order valence-electron chi connectivity index (χ1n) is 4.82. The van der Waals surface area contributed by atoms with Crippen LogP contribution < -0.4 is 4.72 Å². The second-order valence-electron chi connectivity index (χ2n) is 4.05. The fourth-order valence-electron chi connectivity index (χ4n) is 1.28. The van der Waals surface area contributed by atoms with Crippen LogP contribution in [0.25, 0.3) is 0 Å². The first kappa shape index (κ1) is 13.1. The Balaban J connectivity index is 3.32. The Morgan fingerprint density at radius 2 is 1.94 bits per heavy atom. The molecule has 0 spiro atoms. The summed E-state index contributed by atoms with van der Waals surface area (Å²) in [6.45, 7) is 4.79. The predicted molar refractivity (Wildman–Crippen MR) is 60.5 cm³/mol. The number of aromatic nitrogens is 1. The van der Waals surface area contributed by atoms with Crippen LogP contribution in [0.15, 0.2) is 17.0 Å². The van der Waals surface area contributed by atoms with Gasteiger partial charge in [0, 0.05) is 0 Å². The molecule has 0 saturated heterocycles. The minimum absolute atomic E-state index is 0.128. The molecule has 1 heterocycles. The van der Waals surface area contributed by atoms with Crippen molar-refractivity contribution >= 4 is 10.0 Å². The van der Waals surface area contributed by atoms with Gasteiger partial charge in [0.15, 0.2) is 0 Å². The van der Waals surface area contributed by atoms with Crippen molar-refractivity contribution in [3.8, 4) is 0 Å². The molecule has 90 valence electrons. The topological polar surface area (TPSA) is 79.3 Å². The minimum atomic E-state index is -3.49. The molecule has 0 amide bonds. The van der Waals surface area contributed by atoms with E-state index in [0.29, 0.717) is 11.4 Å². The molecule has 0 radical (unpaired) electrons. The molecule has 0 aliphatic rings. The second kappa shape index (κ2) is 4.12. The van der Waals surface area contributed by atoms with E-state index in [2.05, 4.69) is 9.71 Å². The highest BCUT2D eigenvalue weighted by atomic mass is 32.2. The van der Waals surface area contributed by atoms with Crippen LogP contribution in [0, 0.1) is 6.92 Å². The lowest BCUT2D eigenvalue weighted by atomic mass is 10.0. The lowest BCUT2D eigenvalue weighted by Crippen LogP contribution is -2.22. The van der Waals surface area contributed by atoms with Crippen molar-refractivity contribution in [3.63, 3.8) is 0 Å². The molecule has 5 nitrogen and oxygen atoms in total. The zero-order chi connectivity index (χ0) is 12.6. The maximum Gasteiger partial charge on any atom is 0.242 e. The van der Waals surface area contributed by atoms with Gasteiger partial charge in [0.2, 0.25) is 10.0 Å². The van der Waals surface area contributed by atoms with E-state index in [9.17, 15) is 13.5 Å². The Bertz CT molecular complexity index is 489. The number of hydrogen-bond donors (Lipinski definition) is 2. The van der Waals surface area contributed by atoms with Gasteiger partial charge in [0.25, 0.3) is 0 Å². The van der Waals surface area contributed by atoms with Crippen LogP contribution in [0.3, 0.4) is 0 Å². The van der Waals surface area contributed by atoms with Crippen molar-refractivity contribution in [1.29, 1.82) is 0 Å². The molecule has 0 atom stereocenters. The largest absolute Gasteiger partial charge is 0.384 e. The maximum atomic E-state index is 11.6. The van der Waals surface area contributed by atoms with Crippen molar-refractivity contribution < 1.29 is 13.5 Å². The van der Waals surface area contributed by atoms with Gasteiger partial charge in [-0.1, -0.05) is 0 Å². The Labute approximate surface area is 95.6 Å². The third-order valence-electron chi connectivity index (χ3n) is 2.22. The van der Waals surface area contributed by atoms with E-state index in [1.54, 1.807) is 20.8 Å². The molecule has 0 fully saturated rings. The number of nitrogens with zero attached hydrogens (tertiary/aromatic N) is 1. The second-order valence-corrected chi connectivity index (χ2v) is 5.90. The molecule has 6 heteroatoms. The maximum absolute atomic E-state index is 11.6. The van der Waals surface area contributed by atoms with Crippen LogP contribution in [0.5, 0.6) is 0 Å². The molecule has 16 heavy (non-hydrogen) atoms. The van der Waals surface area contributed by atoms with Crippen molar-refractivity contribution in [2.45, 2.75) is 31.3 Å². The fraction of sp³-hybridized carbons (Fsp3) is 0.500. The number of hydrogen-bond acceptors (Lipinski definition) is 4. The van der Waals surface area contributed by atoms with E-state index < -0.39 is 15.6 Å². The van der Waals surface area contributed by atoms with Crippen molar-refractivity contribution in [2.75, 3.05) is 7.05 Å². The summed E-state index contributed by atoms with van der Waals surface area (Å²) in [5, 5.41) is 9.74. The van der Waals surface area contributed by atoms with Crippen LogP contribution in [-0.2, 0) is 15.6 Å². The summed E-state index contributed by atoms with van der Waals surface area (Å²) in [6.07, 6.45) is 0. The molecule has 1 rings (SSSR count). The summed E-state index contributed by atoms with van der Waals surface area (Å²) in [6, 6.07) is 2.96. The van der Waals surface area contributed by atoms with Gasteiger partial charge in [-0.25, -0.2) is 13.1 Å². The highest BCUT2D eigenvalue weighted by molar-refractivity contribution is 7.89. The summed E-state index contributed by atoms with van der Waals surface area (Å²) in [5.74, 6) is 0. The standard InChI is InChI=1S/C10H16N2O3S/c1-7-8(16(14,15)11-4)5-6-9(12-7)10(2,3)13/h5-6,11,13H,1-4H3. The van der Waals surface area contributed by atoms with Gasteiger partial charge in [-0.2, -0.15) is 0 Å². The number of sulfonamides is 1. The van der Waals surface area contributed by atoms with Crippen molar-refractivity contribution in [2.24, 2.45) is 0 Å². The third-order valence-corrected chi connectivity index (χ3v) is 3.77. The highest BCUT2D eigenvalue weighted by Gasteiger charge is 2.21. The highest BCUT2D eigenvalue weighted by Crippen LogP contribution is 2.20. The van der Waals surface area contributed by atoms with E-state index in [1.807, 2.05) is 0 Å². The zero-order valence-electron chi connectivity index (χ0n) is 9.77.